The maximum atomic E-state index is 12.7. The number of hydrogen-bond acceptors (Lipinski definition) is 3. The minimum atomic E-state index is -0.168. The molecule has 0 bridgehead atoms. The Labute approximate surface area is 151 Å². The lowest BCUT2D eigenvalue weighted by Gasteiger charge is -2.25. The molecule has 1 aromatic rings. The van der Waals surface area contributed by atoms with Gasteiger partial charge in [-0.1, -0.05) is 17.7 Å². The number of nitrogens with zero attached hydrogens (tertiary/aromatic N) is 3. The number of amides is 3. The van der Waals surface area contributed by atoms with Gasteiger partial charge in [0.05, 0.1) is 0 Å². The predicted molar refractivity (Wildman–Crippen MR) is 93.0 cm³/mol. The van der Waals surface area contributed by atoms with Crippen molar-refractivity contribution in [2.24, 2.45) is 5.92 Å². The van der Waals surface area contributed by atoms with Gasteiger partial charge in [0.15, 0.2) is 0 Å². The molecule has 4 rings (SSSR count). The summed E-state index contributed by atoms with van der Waals surface area (Å²) in [5, 5.41) is 0.546. The molecule has 1 aromatic carbocycles. The molecule has 0 N–H and O–H groups in total. The lowest BCUT2D eigenvalue weighted by molar-refractivity contribution is -0.141. The number of benzene rings is 1. The van der Waals surface area contributed by atoms with Gasteiger partial charge in [-0.15, -0.1) is 0 Å². The fraction of sp³-hybridized carbons (Fsp3) is 0.500. The summed E-state index contributed by atoms with van der Waals surface area (Å²) in [6.07, 6.45) is 3.81. The van der Waals surface area contributed by atoms with Crippen LogP contribution in [0.1, 0.15) is 25.7 Å². The van der Waals surface area contributed by atoms with E-state index in [4.69, 9.17) is 11.6 Å². The second-order valence-electron chi connectivity index (χ2n) is 7.01. The zero-order valence-corrected chi connectivity index (χ0v) is 14.6. The molecule has 0 unspecified atom stereocenters. The van der Waals surface area contributed by atoms with E-state index in [0.717, 1.165) is 25.7 Å². The molecule has 3 fully saturated rings. The van der Waals surface area contributed by atoms with E-state index >= 15 is 0 Å². The van der Waals surface area contributed by atoms with Crippen molar-refractivity contribution in [3.63, 3.8) is 0 Å². The molecule has 2 saturated carbocycles. The van der Waals surface area contributed by atoms with Crippen LogP contribution in [0.4, 0.5) is 5.69 Å². The first kappa shape index (κ1) is 16.4. The smallest absolute Gasteiger partial charge is 0.248 e. The topological polar surface area (TPSA) is 60.9 Å². The minimum absolute atomic E-state index is 0.0431. The van der Waals surface area contributed by atoms with E-state index in [0.29, 0.717) is 10.7 Å². The van der Waals surface area contributed by atoms with Gasteiger partial charge < -0.3 is 9.80 Å². The van der Waals surface area contributed by atoms with Gasteiger partial charge in [-0.3, -0.25) is 19.3 Å². The van der Waals surface area contributed by atoms with Crippen LogP contribution in [-0.2, 0) is 14.4 Å². The van der Waals surface area contributed by atoms with Crippen LogP contribution < -0.4 is 4.90 Å². The molecule has 0 spiro atoms. The average molecular weight is 362 g/mol. The molecule has 0 radical (unpaired) electrons. The van der Waals surface area contributed by atoms with Gasteiger partial charge in [0.25, 0.3) is 0 Å². The van der Waals surface area contributed by atoms with Gasteiger partial charge in [0.2, 0.25) is 17.7 Å². The molecule has 25 heavy (non-hydrogen) atoms. The van der Waals surface area contributed by atoms with E-state index < -0.39 is 0 Å². The summed E-state index contributed by atoms with van der Waals surface area (Å²) >= 11 is 5.99. The molecule has 132 valence electrons. The Hall–Kier alpha value is -2.08. The van der Waals surface area contributed by atoms with E-state index in [1.54, 1.807) is 34.1 Å². The highest BCUT2D eigenvalue weighted by Crippen LogP contribution is 2.36. The summed E-state index contributed by atoms with van der Waals surface area (Å²) in [6.45, 7) is 0.326. The SMILES string of the molecule is O=C(CN(C(=O)C1CC1)C1CC1)N1CC(=O)N(c2cccc(Cl)c2)C1. The lowest BCUT2D eigenvalue weighted by Crippen LogP contribution is -2.44. The van der Waals surface area contributed by atoms with Crippen LogP contribution in [0.2, 0.25) is 5.02 Å². The molecule has 2 aliphatic carbocycles. The molecule has 1 aliphatic heterocycles. The number of halogens is 1. The zero-order valence-electron chi connectivity index (χ0n) is 13.9. The Bertz CT molecular complexity index is 730. The monoisotopic (exact) mass is 361 g/mol. The highest BCUT2D eigenvalue weighted by Gasteiger charge is 2.42. The van der Waals surface area contributed by atoms with Gasteiger partial charge in [0.1, 0.15) is 19.8 Å². The molecule has 1 saturated heterocycles. The van der Waals surface area contributed by atoms with Crippen molar-refractivity contribution in [3.8, 4) is 0 Å². The summed E-state index contributed by atoms with van der Waals surface area (Å²) in [4.78, 5) is 42.1. The molecule has 0 aromatic heterocycles. The summed E-state index contributed by atoms with van der Waals surface area (Å²) in [5.41, 5.74) is 0.681. The van der Waals surface area contributed by atoms with E-state index in [9.17, 15) is 14.4 Å². The Morgan fingerprint density at radius 2 is 1.96 bits per heavy atom. The molecular formula is C18H20ClN3O3. The molecular weight excluding hydrogens is 342 g/mol. The quantitative estimate of drug-likeness (QED) is 0.804. The number of carbonyl (C=O) groups excluding carboxylic acids is 3. The predicted octanol–water partition coefficient (Wildman–Crippen LogP) is 1.87. The van der Waals surface area contributed by atoms with Gasteiger partial charge in [0, 0.05) is 22.7 Å². The van der Waals surface area contributed by atoms with Crippen LogP contribution in [0, 0.1) is 5.92 Å². The van der Waals surface area contributed by atoms with Crippen molar-refractivity contribution in [2.45, 2.75) is 31.7 Å². The normalized spacial score (nSPS) is 20.1. The van der Waals surface area contributed by atoms with Crippen molar-refractivity contribution >= 4 is 35.0 Å². The highest BCUT2D eigenvalue weighted by molar-refractivity contribution is 6.31. The van der Waals surface area contributed by atoms with E-state index in [1.807, 2.05) is 0 Å². The molecule has 6 nitrogen and oxygen atoms in total. The minimum Gasteiger partial charge on any atom is -0.330 e. The summed E-state index contributed by atoms with van der Waals surface area (Å²) in [6, 6.07) is 7.23. The molecule has 7 heteroatoms. The fourth-order valence-electron chi connectivity index (χ4n) is 3.17. The molecule has 3 aliphatic rings. The zero-order chi connectivity index (χ0) is 17.6. The van der Waals surface area contributed by atoms with Crippen LogP contribution in [0.15, 0.2) is 24.3 Å². The van der Waals surface area contributed by atoms with Crippen molar-refractivity contribution < 1.29 is 14.4 Å². The maximum Gasteiger partial charge on any atom is 0.248 e. The number of anilines is 1. The van der Waals surface area contributed by atoms with Crippen molar-refractivity contribution in [1.82, 2.24) is 9.80 Å². The third-order valence-corrected chi connectivity index (χ3v) is 5.15. The lowest BCUT2D eigenvalue weighted by atomic mass is 10.3. The van der Waals surface area contributed by atoms with Crippen LogP contribution in [0.3, 0.4) is 0 Å². The van der Waals surface area contributed by atoms with Crippen LogP contribution in [0.5, 0.6) is 0 Å². The van der Waals surface area contributed by atoms with Crippen LogP contribution in [0.25, 0.3) is 0 Å². The Morgan fingerprint density at radius 1 is 1.20 bits per heavy atom. The number of hydrogen-bond donors (Lipinski definition) is 0. The van der Waals surface area contributed by atoms with Crippen LogP contribution >= 0.6 is 11.6 Å². The second-order valence-corrected chi connectivity index (χ2v) is 7.44. The summed E-state index contributed by atoms with van der Waals surface area (Å²) < 4.78 is 0. The first-order valence-corrected chi connectivity index (χ1v) is 9.05. The maximum absolute atomic E-state index is 12.7. The van der Waals surface area contributed by atoms with Gasteiger partial charge in [-0.05, 0) is 43.9 Å². The summed E-state index contributed by atoms with van der Waals surface area (Å²) in [7, 11) is 0. The average Bonchev–Trinajstić information content (AvgIpc) is 3.49. The van der Waals surface area contributed by atoms with E-state index in [-0.39, 0.29) is 49.4 Å². The Balaban J connectivity index is 1.42. The number of rotatable bonds is 5. The van der Waals surface area contributed by atoms with Gasteiger partial charge in [-0.2, -0.15) is 0 Å². The van der Waals surface area contributed by atoms with E-state index in [2.05, 4.69) is 0 Å². The Morgan fingerprint density at radius 3 is 2.60 bits per heavy atom. The first-order chi connectivity index (χ1) is 12.0. The van der Waals surface area contributed by atoms with Crippen molar-refractivity contribution in [2.75, 3.05) is 24.7 Å². The Kier molecular flexibility index (Phi) is 4.15. The highest BCUT2D eigenvalue weighted by atomic mass is 35.5. The standard InChI is InChI=1S/C18H20ClN3O3/c19-13-2-1-3-15(8-13)22-11-20(9-17(22)24)16(23)10-21(14-6-7-14)18(25)12-4-5-12/h1-3,8,12,14H,4-7,9-11H2. The summed E-state index contributed by atoms with van der Waals surface area (Å²) in [5.74, 6) is -0.0921. The molecule has 1 heterocycles. The van der Waals surface area contributed by atoms with Gasteiger partial charge in [-0.25, -0.2) is 0 Å². The molecule has 0 atom stereocenters. The fourth-order valence-corrected chi connectivity index (χ4v) is 3.35. The van der Waals surface area contributed by atoms with Crippen molar-refractivity contribution in [1.29, 1.82) is 0 Å². The van der Waals surface area contributed by atoms with Crippen LogP contribution in [-0.4, -0.2) is 53.3 Å². The first-order valence-electron chi connectivity index (χ1n) is 8.67. The van der Waals surface area contributed by atoms with Crippen molar-refractivity contribution in [3.05, 3.63) is 29.3 Å². The largest absolute Gasteiger partial charge is 0.330 e. The second kappa shape index (κ2) is 6.33. The number of carbonyl (C=O) groups is 3. The third kappa shape index (κ3) is 3.49. The van der Waals surface area contributed by atoms with Gasteiger partial charge >= 0.3 is 0 Å². The third-order valence-electron chi connectivity index (χ3n) is 4.91. The molecule has 3 amide bonds. The van der Waals surface area contributed by atoms with E-state index in [1.165, 1.54) is 4.90 Å².